The number of aliphatic hydroxyl groups is 7. The number of allylic oxidation sites excluding steroid dienone is 7. The SMILES string of the molecule is CC/C=C\C/C=C\CCCCCCCCCCCCCCC(O)CC(=O)NC(COP(=O)(O)OC1C(O)C(O)C(O)C(O)C1O)C(O)/C=C/CC/C=C/CCCCCCCCCCC. The van der Waals surface area contributed by atoms with Gasteiger partial charge in [-0.15, -0.1) is 0 Å². The van der Waals surface area contributed by atoms with Gasteiger partial charge in [-0.3, -0.25) is 13.8 Å². The van der Waals surface area contributed by atoms with E-state index in [2.05, 4.69) is 55.6 Å². The predicted octanol–water partition coefficient (Wildman–Crippen LogP) is 9.09. The number of phosphoric acid groups is 1. The van der Waals surface area contributed by atoms with Gasteiger partial charge in [-0.2, -0.15) is 0 Å². The Bertz CT molecular complexity index is 1280. The van der Waals surface area contributed by atoms with Crippen molar-refractivity contribution in [2.24, 2.45) is 0 Å². The molecule has 1 rings (SSSR count). The van der Waals surface area contributed by atoms with Crippen LogP contribution in [0.25, 0.3) is 0 Å². The summed E-state index contributed by atoms with van der Waals surface area (Å²) in [6.07, 6.45) is 33.4. The molecule has 8 atom stereocenters. The number of unbranched alkanes of at least 4 members (excludes halogenated alkanes) is 22. The minimum Gasteiger partial charge on any atom is -0.393 e. The fourth-order valence-corrected chi connectivity index (χ4v) is 8.79. The van der Waals surface area contributed by atoms with Crippen molar-refractivity contribution in [1.82, 2.24) is 5.32 Å². The number of carbonyl (C=O) groups is 1. The normalized spacial score (nSPS) is 23.1. The van der Waals surface area contributed by atoms with E-state index in [1.165, 1.54) is 115 Å². The molecule has 0 aromatic rings. The van der Waals surface area contributed by atoms with Crippen LogP contribution in [0.2, 0.25) is 0 Å². The van der Waals surface area contributed by atoms with Gasteiger partial charge in [0.1, 0.15) is 36.6 Å². The minimum atomic E-state index is -5.15. The van der Waals surface area contributed by atoms with Crippen LogP contribution in [0.5, 0.6) is 0 Å². The summed E-state index contributed by atoms with van der Waals surface area (Å²) in [5.74, 6) is -0.604. The van der Waals surface area contributed by atoms with E-state index in [0.717, 1.165) is 57.8 Å². The lowest BCUT2D eigenvalue weighted by Crippen LogP contribution is -2.64. The Labute approximate surface area is 387 Å². The summed E-state index contributed by atoms with van der Waals surface area (Å²) < 4.78 is 22.9. The van der Waals surface area contributed by atoms with Crippen LogP contribution in [-0.4, -0.2) is 108 Å². The predicted molar refractivity (Wildman–Crippen MR) is 256 cm³/mol. The van der Waals surface area contributed by atoms with Gasteiger partial charge in [-0.05, 0) is 57.8 Å². The van der Waals surface area contributed by atoms with Crippen LogP contribution in [0.4, 0.5) is 0 Å². The first-order valence-corrected chi connectivity index (χ1v) is 26.7. The average molecular weight is 930 g/mol. The van der Waals surface area contributed by atoms with E-state index in [-0.39, 0.29) is 6.42 Å². The Morgan fingerprint density at radius 1 is 0.578 bits per heavy atom. The summed E-state index contributed by atoms with van der Waals surface area (Å²) in [7, 11) is -5.15. The van der Waals surface area contributed by atoms with Gasteiger partial charge in [0.05, 0.1) is 31.3 Å². The summed E-state index contributed by atoms with van der Waals surface area (Å²) in [5.41, 5.74) is 0. The zero-order valence-electron chi connectivity index (χ0n) is 39.7. The lowest BCUT2D eigenvalue weighted by molar-refractivity contribution is -0.220. The van der Waals surface area contributed by atoms with E-state index >= 15 is 0 Å². The summed E-state index contributed by atoms with van der Waals surface area (Å²) in [5, 5.41) is 74.6. The molecule has 0 aliphatic heterocycles. The molecule has 374 valence electrons. The first-order valence-electron chi connectivity index (χ1n) is 25.2. The van der Waals surface area contributed by atoms with Crippen molar-refractivity contribution in [2.75, 3.05) is 6.61 Å². The second-order valence-corrected chi connectivity index (χ2v) is 19.2. The van der Waals surface area contributed by atoms with Gasteiger partial charge in [0, 0.05) is 0 Å². The van der Waals surface area contributed by atoms with Crippen molar-refractivity contribution in [2.45, 2.75) is 255 Å². The molecule has 8 unspecified atom stereocenters. The number of rotatable bonds is 41. The van der Waals surface area contributed by atoms with E-state index in [1.54, 1.807) is 6.08 Å². The third-order valence-electron chi connectivity index (χ3n) is 11.9. The number of amides is 1. The number of hydrogen-bond acceptors (Lipinski definition) is 11. The Kier molecular flexibility index (Phi) is 37.0. The van der Waals surface area contributed by atoms with Crippen LogP contribution in [0.3, 0.4) is 0 Å². The van der Waals surface area contributed by atoms with E-state index in [9.17, 15) is 50.0 Å². The average Bonchev–Trinajstić information content (AvgIpc) is 3.27. The van der Waals surface area contributed by atoms with E-state index < -0.39 is 75.2 Å². The molecule has 0 bridgehead atoms. The smallest absolute Gasteiger partial charge is 0.393 e. The first kappa shape index (κ1) is 60.3. The van der Waals surface area contributed by atoms with Crippen LogP contribution in [0.1, 0.15) is 200 Å². The number of phosphoric ester groups is 1. The molecule has 0 radical (unpaired) electrons. The highest BCUT2D eigenvalue weighted by Crippen LogP contribution is 2.47. The van der Waals surface area contributed by atoms with Gasteiger partial charge in [-0.25, -0.2) is 4.57 Å². The molecule has 13 nitrogen and oxygen atoms in total. The number of carbonyl (C=O) groups excluding carboxylic acids is 1. The third kappa shape index (κ3) is 30.5. The number of hydrogen-bond donors (Lipinski definition) is 9. The molecule has 1 aliphatic rings. The molecule has 0 aromatic heterocycles. The summed E-state index contributed by atoms with van der Waals surface area (Å²) in [6.45, 7) is 3.63. The van der Waals surface area contributed by atoms with E-state index in [1.807, 2.05) is 0 Å². The highest BCUT2D eigenvalue weighted by molar-refractivity contribution is 7.47. The Morgan fingerprint density at radius 2 is 1.02 bits per heavy atom. The fraction of sp³-hybridized carbons (Fsp3) is 0.820. The molecule has 1 aliphatic carbocycles. The van der Waals surface area contributed by atoms with Gasteiger partial charge in [0.25, 0.3) is 0 Å². The Hall–Kier alpha value is -1.74. The van der Waals surface area contributed by atoms with Crippen molar-refractivity contribution >= 4 is 13.7 Å². The molecule has 9 N–H and O–H groups in total. The van der Waals surface area contributed by atoms with Crippen molar-refractivity contribution < 1.29 is 59.0 Å². The van der Waals surface area contributed by atoms with E-state index in [4.69, 9.17) is 9.05 Å². The van der Waals surface area contributed by atoms with Gasteiger partial charge in [0.15, 0.2) is 0 Å². The monoisotopic (exact) mass is 930 g/mol. The Morgan fingerprint density at radius 3 is 1.55 bits per heavy atom. The summed E-state index contributed by atoms with van der Waals surface area (Å²) in [4.78, 5) is 23.5. The molecule has 0 aromatic carbocycles. The molecular formula is C50H92NO12P. The van der Waals surface area contributed by atoms with Crippen molar-refractivity contribution in [3.05, 3.63) is 48.6 Å². The van der Waals surface area contributed by atoms with Crippen LogP contribution in [0.15, 0.2) is 48.6 Å². The second kappa shape index (κ2) is 39.3. The fourth-order valence-electron chi connectivity index (χ4n) is 7.82. The van der Waals surface area contributed by atoms with Crippen molar-refractivity contribution in [1.29, 1.82) is 0 Å². The first-order chi connectivity index (χ1) is 30.8. The van der Waals surface area contributed by atoms with Gasteiger partial charge in [-0.1, -0.05) is 184 Å². The highest BCUT2D eigenvalue weighted by atomic mass is 31.2. The van der Waals surface area contributed by atoms with E-state index in [0.29, 0.717) is 12.8 Å². The Balaban J connectivity index is 2.50. The van der Waals surface area contributed by atoms with Crippen molar-refractivity contribution in [3.8, 4) is 0 Å². The summed E-state index contributed by atoms with van der Waals surface area (Å²) in [6, 6.07) is -1.26. The van der Waals surface area contributed by atoms with Crippen LogP contribution in [-0.2, 0) is 18.4 Å². The molecule has 0 spiro atoms. The molecule has 1 amide bonds. The third-order valence-corrected chi connectivity index (χ3v) is 12.9. The maximum Gasteiger partial charge on any atom is 0.472 e. The molecule has 0 heterocycles. The maximum absolute atomic E-state index is 13.0. The van der Waals surface area contributed by atoms with Gasteiger partial charge in [0.2, 0.25) is 5.91 Å². The molecule has 1 fully saturated rings. The van der Waals surface area contributed by atoms with Gasteiger partial charge < -0.3 is 46.0 Å². The lowest BCUT2D eigenvalue weighted by atomic mass is 9.85. The molecular weight excluding hydrogens is 838 g/mol. The molecule has 0 saturated heterocycles. The molecule has 1 saturated carbocycles. The largest absolute Gasteiger partial charge is 0.472 e. The lowest BCUT2D eigenvalue weighted by Gasteiger charge is -2.41. The standard InChI is InChI=1S/C50H92NO12P/c1-3-5-7-9-11-13-15-17-19-20-21-22-24-25-27-29-31-33-35-37-41(52)39-44(54)51-42(40-62-64(60,61)63-50-48(58)46(56)45(55)47(57)49(50)59)43(53)38-36-34-32-30-28-26-23-18-16-14-12-10-8-6-4-2/h5,7,11,13,28,30,36,38,41-43,45-50,52-53,55-59H,3-4,6,8-10,12,14-27,29,31-35,37,39-40H2,1-2H3,(H,51,54)(H,60,61)/b7-5-,13-11-,30-28+,38-36+. The van der Waals surface area contributed by atoms with Crippen LogP contribution < -0.4 is 5.32 Å². The second-order valence-electron chi connectivity index (χ2n) is 17.8. The number of nitrogens with one attached hydrogen (secondary N) is 1. The molecule has 64 heavy (non-hydrogen) atoms. The zero-order valence-corrected chi connectivity index (χ0v) is 40.6. The zero-order chi connectivity index (χ0) is 47.3. The van der Waals surface area contributed by atoms with Crippen LogP contribution >= 0.6 is 7.82 Å². The number of aliphatic hydroxyl groups excluding tert-OH is 7. The topological polar surface area (TPSA) is 226 Å². The summed E-state index contributed by atoms with van der Waals surface area (Å²) >= 11 is 0. The maximum atomic E-state index is 13.0. The highest BCUT2D eigenvalue weighted by Gasteiger charge is 2.51. The molecule has 14 heteroatoms. The quantitative estimate of drug-likeness (QED) is 0.0159. The minimum absolute atomic E-state index is 0.254. The van der Waals surface area contributed by atoms with Gasteiger partial charge >= 0.3 is 7.82 Å². The van der Waals surface area contributed by atoms with Crippen LogP contribution in [0, 0.1) is 0 Å². The van der Waals surface area contributed by atoms with Crippen molar-refractivity contribution in [3.63, 3.8) is 0 Å².